The highest BCUT2D eigenvalue weighted by molar-refractivity contribution is 6.04. The summed E-state index contributed by atoms with van der Waals surface area (Å²) in [6.45, 7) is 0.839. The van der Waals surface area contributed by atoms with E-state index < -0.39 is 0 Å². The number of benzene rings is 1. The van der Waals surface area contributed by atoms with Crippen LogP contribution in [0.3, 0.4) is 0 Å². The van der Waals surface area contributed by atoms with Gasteiger partial charge in [0.25, 0.3) is 0 Å². The average molecular weight is 500 g/mol. The van der Waals surface area contributed by atoms with Crippen LogP contribution in [0.5, 0.6) is 0 Å². The fraction of sp³-hybridized carbons (Fsp3) is 0.290. The molecule has 4 aromatic heterocycles. The summed E-state index contributed by atoms with van der Waals surface area (Å²) >= 11 is 0. The Kier molecular flexibility index (Phi) is 5.20. The van der Waals surface area contributed by atoms with Crippen molar-refractivity contribution in [3.05, 3.63) is 78.6 Å². The first kappa shape index (κ1) is 22.9. The number of hydrogen-bond acceptors (Lipinski definition) is 6. The van der Waals surface area contributed by atoms with Crippen molar-refractivity contribution in [3.63, 3.8) is 0 Å². The van der Waals surface area contributed by atoms with Crippen LogP contribution in [0.4, 0.5) is 5.82 Å². The zero-order valence-electron chi connectivity index (χ0n) is 21.2. The van der Waals surface area contributed by atoms with Crippen molar-refractivity contribution < 1.29 is 0 Å². The summed E-state index contributed by atoms with van der Waals surface area (Å²) < 4.78 is 2.33. The van der Waals surface area contributed by atoms with E-state index in [1.54, 1.807) is 6.33 Å². The van der Waals surface area contributed by atoms with E-state index in [2.05, 4.69) is 44.0 Å². The Labute approximate surface area is 221 Å². The van der Waals surface area contributed by atoms with Crippen molar-refractivity contribution >= 4 is 27.8 Å². The molecule has 0 aliphatic heterocycles. The molecule has 3 saturated carbocycles. The lowest BCUT2D eigenvalue weighted by Crippen LogP contribution is -2.57. The van der Waals surface area contributed by atoms with Gasteiger partial charge in [-0.2, -0.15) is 0 Å². The summed E-state index contributed by atoms with van der Waals surface area (Å²) in [4.78, 5) is 18.1. The second-order valence-corrected chi connectivity index (χ2v) is 10.8. The van der Waals surface area contributed by atoms with E-state index in [0.717, 1.165) is 83.8 Å². The third-order valence-electron chi connectivity index (χ3n) is 8.87. The molecule has 1 aromatic carbocycles. The molecule has 2 bridgehead atoms. The Morgan fingerprint density at radius 3 is 2.55 bits per heavy atom. The molecule has 8 rings (SSSR count). The molecule has 0 radical (unpaired) electrons. The SMILES string of the molecule is C#Cc1c(-c2cnc3ccccc3c2)c2c(N)ncnc2n1C12CCC(NCc3cccnc3)(CC1)CC2. The number of fused-ring (bicyclic) bond motifs is 5. The highest BCUT2D eigenvalue weighted by atomic mass is 15.2. The second kappa shape index (κ2) is 8.64. The first-order valence-corrected chi connectivity index (χ1v) is 13.2. The molecule has 0 unspecified atom stereocenters. The van der Waals surface area contributed by atoms with Crippen LogP contribution in [0.15, 0.2) is 67.4 Å². The van der Waals surface area contributed by atoms with Crippen LogP contribution in [0.2, 0.25) is 0 Å². The Bertz CT molecular complexity index is 1690. The molecule has 4 heterocycles. The Morgan fingerprint density at radius 1 is 0.974 bits per heavy atom. The number of anilines is 1. The Morgan fingerprint density at radius 2 is 1.79 bits per heavy atom. The fourth-order valence-corrected chi connectivity index (χ4v) is 6.78. The van der Waals surface area contributed by atoms with E-state index in [4.69, 9.17) is 22.1 Å². The lowest BCUT2D eigenvalue weighted by atomic mass is 9.61. The molecule has 7 heteroatoms. The highest BCUT2D eigenvalue weighted by Gasteiger charge is 2.51. The number of nitrogen functional groups attached to an aromatic ring is 1. The molecular formula is C31H29N7. The number of hydrogen-bond donors (Lipinski definition) is 2. The minimum atomic E-state index is -0.0962. The minimum absolute atomic E-state index is 0.0962. The van der Waals surface area contributed by atoms with Crippen molar-refractivity contribution in [2.75, 3.05) is 5.73 Å². The molecule has 3 aliphatic carbocycles. The van der Waals surface area contributed by atoms with Gasteiger partial charge in [-0.1, -0.05) is 30.2 Å². The van der Waals surface area contributed by atoms with Crippen molar-refractivity contribution in [1.29, 1.82) is 0 Å². The van der Waals surface area contributed by atoms with Gasteiger partial charge in [0.05, 0.1) is 10.9 Å². The summed E-state index contributed by atoms with van der Waals surface area (Å²) in [7, 11) is 0. The van der Waals surface area contributed by atoms with Crippen molar-refractivity contribution in [3.8, 4) is 23.5 Å². The van der Waals surface area contributed by atoms with Crippen LogP contribution >= 0.6 is 0 Å². The van der Waals surface area contributed by atoms with Gasteiger partial charge in [-0.15, -0.1) is 6.42 Å². The number of rotatable bonds is 5. The monoisotopic (exact) mass is 499 g/mol. The predicted octanol–water partition coefficient (Wildman–Crippen LogP) is 5.20. The van der Waals surface area contributed by atoms with Crippen LogP contribution in [-0.4, -0.2) is 30.0 Å². The molecule has 188 valence electrons. The van der Waals surface area contributed by atoms with Gasteiger partial charge >= 0.3 is 0 Å². The number of nitrogens with one attached hydrogen (secondary N) is 1. The van der Waals surface area contributed by atoms with Gasteiger partial charge in [0.1, 0.15) is 23.5 Å². The molecule has 5 aromatic rings. The molecule has 3 aliphatic rings. The van der Waals surface area contributed by atoms with Crippen molar-refractivity contribution in [2.45, 2.75) is 56.1 Å². The first-order valence-electron chi connectivity index (χ1n) is 13.2. The van der Waals surface area contributed by atoms with Gasteiger partial charge < -0.3 is 15.6 Å². The molecule has 0 spiro atoms. The van der Waals surface area contributed by atoms with Crippen LogP contribution in [0.25, 0.3) is 33.1 Å². The van der Waals surface area contributed by atoms with Gasteiger partial charge in [-0.25, -0.2) is 9.97 Å². The van der Waals surface area contributed by atoms with E-state index in [0.29, 0.717) is 5.82 Å². The number of terminal acetylenes is 1. The lowest BCUT2D eigenvalue weighted by molar-refractivity contribution is 0.0330. The van der Waals surface area contributed by atoms with Gasteiger partial charge in [0, 0.05) is 52.7 Å². The van der Waals surface area contributed by atoms with Crippen LogP contribution in [0.1, 0.15) is 49.8 Å². The molecule has 0 saturated heterocycles. The van der Waals surface area contributed by atoms with Gasteiger partial charge in [0.15, 0.2) is 0 Å². The van der Waals surface area contributed by atoms with Crippen molar-refractivity contribution in [2.24, 2.45) is 0 Å². The summed E-state index contributed by atoms with van der Waals surface area (Å²) in [6, 6.07) is 14.4. The zero-order chi connectivity index (χ0) is 25.7. The first-order chi connectivity index (χ1) is 18.6. The average Bonchev–Trinajstić information content (AvgIpc) is 3.34. The maximum atomic E-state index is 6.52. The highest BCUT2D eigenvalue weighted by Crippen LogP contribution is 2.54. The summed E-state index contributed by atoms with van der Waals surface area (Å²) in [5.74, 6) is 3.49. The molecular weight excluding hydrogens is 470 g/mol. The number of nitrogens with two attached hydrogens (primary N) is 1. The third kappa shape index (κ3) is 3.48. The van der Waals surface area contributed by atoms with E-state index >= 15 is 0 Å². The van der Waals surface area contributed by atoms with E-state index in [1.165, 1.54) is 5.56 Å². The normalized spacial score (nSPS) is 22.6. The van der Waals surface area contributed by atoms with Crippen LogP contribution in [0, 0.1) is 12.3 Å². The molecule has 3 fully saturated rings. The van der Waals surface area contributed by atoms with Crippen molar-refractivity contribution in [1.82, 2.24) is 29.8 Å². The lowest BCUT2D eigenvalue weighted by Gasteiger charge is -2.54. The van der Waals surface area contributed by atoms with Gasteiger partial charge in [-0.3, -0.25) is 9.97 Å². The van der Waals surface area contributed by atoms with E-state index in [-0.39, 0.29) is 11.1 Å². The Hall–Kier alpha value is -4.28. The van der Waals surface area contributed by atoms with E-state index in [1.807, 2.05) is 42.9 Å². The smallest absolute Gasteiger partial charge is 0.147 e. The predicted molar refractivity (Wildman–Crippen MR) is 150 cm³/mol. The molecule has 3 N–H and O–H groups in total. The van der Waals surface area contributed by atoms with Crippen LogP contribution in [-0.2, 0) is 12.1 Å². The van der Waals surface area contributed by atoms with Gasteiger partial charge in [-0.05, 0) is 62.3 Å². The number of pyridine rings is 2. The minimum Gasteiger partial charge on any atom is -0.383 e. The number of aromatic nitrogens is 5. The summed E-state index contributed by atoms with van der Waals surface area (Å²) in [5, 5.41) is 5.77. The standard InChI is InChI=1S/C31H29N7/c1-2-25-26(23-16-22-7-3-4-8-24(22)34-19-23)27-28(32)35-20-36-29(27)38(25)31-12-9-30(10-13-31,11-14-31)37-18-21-6-5-15-33-17-21/h1,3-8,15-17,19-20,37H,9-14,18H2,(H2,32,35,36). The quantitative estimate of drug-likeness (QED) is 0.323. The topological polar surface area (TPSA) is 94.5 Å². The zero-order valence-corrected chi connectivity index (χ0v) is 21.2. The fourth-order valence-electron chi connectivity index (χ4n) is 6.78. The summed E-state index contributed by atoms with van der Waals surface area (Å²) in [5.41, 5.74) is 12.2. The molecule has 0 atom stereocenters. The largest absolute Gasteiger partial charge is 0.383 e. The molecule has 0 amide bonds. The van der Waals surface area contributed by atoms with Gasteiger partial charge in [0.2, 0.25) is 0 Å². The maximum absolute atomic E-state index is 6.52. The van der Waals surface area contributed by atoms with E-state index in [9.17, 15) is 0 Å². The maximum Gasteiger partial charge on any atom is 0.147 e. The summed E-state index contributed by atoms with van der Waals surface area (Å²) in [6.07, 6.45) is 19.9. The third-order valence-corrected chi connectivity index (χ3v) is 8.87. The Balaban J connectivity index is 1.31. The number of para-hydroxylation sites is 1. The van der Waals surface area contributed by atoms with Crippen LogP contribution < -0.4 is 11.1 Å². The number of nitrogens with zero attached hydrogens (tertiary/aromatic N) is 5. The molecule has 7 nitrogen and oxygen atoms in total. The molecule has 38 heavy (non-hydrogen) atoms. The second-order valence-electron chi connectivity index (χ2n) is 10.8.